The minimum atomic E-state index is -0.104. The van der Waals surface area contributed by atoms with Crippen LogP contribution in [0.1, 0.15) is 12.8 Å². The topological polar surface area (TPSA) is 34.1 Å². The van der Waals surface area contributed by atoms with E-state index in [9.17, 15) is 9.59 Å². The number of carbonyl (C=O) groups excluding carboxylic acids is 2. The van der Waals surface area contributed by atoms with Gasteiger partial charge in [-0.1, -0.05) is 6.08 Å². The predicted octanol–water partition coefficient (Wildman–Crippen LogP) is 1.03. The molecule has 2 heteroatoms. The number of carbonyl (C=O) groups is 2. The second-order valence-corrected chi connectivity index (χ2v) is 2.14. The van der Waals surface area contributed by atoms with Crippen molar-refractivity contribution in [2.45, 2.75) is 12.8 Å². The average molecular weight is 136 g/mol. The second-order valence-electron chi connectivity index (χ2n) is 2.14. The molecular weight excluding hydrogens is 128 g/mol. The van der Waals surface area contributed by atoms with Crippen LogP contribution in [0.25, 0.3) is 0 Å². The Labute approximate surface area is 59.2 Å². The average Bonchev–Trinajstić information content (AvgIpc) is 1.90. The van der Waals surface area contributed by atoms with Gasteiger partial charge in [0.05, 0.1) is 0 Å². The number of rotatable bonds is 0. The van der Waals surface area contributed by atoms with Crippen molar-refractivity contribution in [2.24, 2.45) is 0 Å². The van der Waals surface area contributed by atoms with Gasteiger partial charge in [0.15, 0.2) is 11.6 Å². The zero-order chi connectivity index (χ0) is 7.40. The molecule has 0 unspecified atom stereocenters. The van der Waals surface area contributed by atoms with E-state index < -0.39 is 0 Å². The van der Waals surface area contributed by atoms with Crippen molar-refractivity contribution in [2.75, 3.05) is 0 Å². The summed E-state index contributed by atoms with van der Waals surface area (Å²) in [6.07, 6.45) is 7.05. The maximum atomic E-state index is 10.7. The van der Waals surface area contributed by atoms with Gasteiger partial charge in [0, 0.05) is 6.42 Å². The lowest BCUT2D eigenvalue weighted by molar-refractivity contribution is -0.115. The van der Waals surface area contributed by atoms with Crippen LogP contribution in [0.5, 0.6) is 0 Å². The highest BCUT2D eigenvalue weighted by atomic mass is 16.1. The van der Waals surface area contributed by atoms with Crippen LogP contribution in [0.15, 0.2) is 24.3 Å². The van der Waals surface area contributed by atoms with Crippen LogP contribution in [0.4, 0.5) is 0 Å². The van der Waals surface area contributed by atoms with Crippen LogP contribution >= 0.6 is 0 Å². The number of hydrogen-bond donors (Lipinski definition) is 0. The van der Waals surface area contributed by atoms with Gasteiger partial charge < -0.3 is 0 Å². The summed E-state index contributed by atoms with van der Waals surface area (Å²) in [5, 5.41) is 0. The highest BCUT2D eigenvalue weighted by molar-refractivity contribution is 6.04. The predicted molar refractivity (Wildman–Crippen MR) is 37.5 cm³/mol. The Balaban J connectivity index is 2.70. The van der Waals surface area contributed by atoms with Gasteiger partial charge in [-0.3, -0.25) is 9.59 Å². The van der Waals surface area contributed by atoms with Crippen molar-refractivity contribution in [3.05, 3.63) is 24.3 Å². The number of allylic oxidation sites excluding steroid dienone is 4. The maximum Gasteiger partial charge on any atom is 0.178 e. The number of ketones is 2. The zero-order valence-electron chi connectivity index (χ0n) is 5.54. The minimum Gasteiger partial charge on any atom is -0.295 e. The van der Waals surface area contributed by atoms with Crippen LogP contribution in [0.3, 0.4) is 0 Å². The van der Waals surface area contributed by atoms with E-state index in [4.69, 9.17) is 0 Å². The first-order valence-electron chi connectivity index (χ1n) is 3.20. The van der Waals surface area contributed by atoms with Crippen molar-refractivity contribution in [1.82, 2.24) is 0 Å². The summed E-state index contributed by atoms with van der Waals surface area (Å²) < 4.78 is 0. The van der Waals surface area contributed by atoms with Crippen LogP contribution in [0.2, 0.25) is 0 Å². The van der Waals surface area contributed by atoms with Gasteiger partial charge in [0.25, 0.3) is 0 Å². The molecule has 0 amide bonds. The van der Waals surface area contributed by atoms with Gasteiger partial charge >= 0.3 is 0 Å². The summed E-state index contributed by atoms with van der Waals surface area (Å²) >= 11 is 0. The molecule has 1 aliphatic rings. The fourth-order valence-corrected chi connectivity index (χ4v) is 0.739. The van der Waals surface area contributed by atoms with E-state index >= 15 is 0 Å². The Morgan fingerprint density at radius 2 is 1.90 bits per heavy atom. The van der Waals surface area contributed by atoms with E-state index in [1.165, 1.54) is 18.2 Å². The van der Waals surface area contributed by atoms with Gasteiger partial charge in [0.1, 0.15) is 0 Å². The first-order valence-corrected chi connectivity index (χ1v) is 3.20. The summed E-state index contributed by atoms with van der Waals surface area (Å²) in [4.78, 5) is 21.4. The molecule has 0 saturated heterocycles. The molecule has 10 heavy (non-hydrogen) atoms. The first-order chi connectivity index (χ1) is 4.79. The van der Waals surface area contributed by atoms with Crippen molar-refractivity contribution in [3.63, 3.8) is 0 Å². The SMILES string of the molecule is O=C1C=CCCC(=O)C=C1. The van der Waals surface area contributed by atoms with E-state index in [-0.39, 0.29) is 11.6 Å². The van der Waals surface area contributed by atoms with E-state index in [0.29, 0.717) is 12.8 Å². The molecule has 0 aliphatic heterocycles. The first kappa shape index (κ1) is 6.93. The van der Waals surface area contributed by atoms with Gasteiger partial charge in [-0.05, 0) is 24.6 Å². The fraction of sp³-hybridized carbons (Fsp3) is 0.250. The second kappa shape index (κ2) is 3.11. The van der Waals surface area contributed by atoms with Crippen molar-refractivity contribution < 1.29 is 9.59 Å². The molecule has 0 aromatic heterocycles. The van der Waals surface area contributed by atoms with Crippen LogP contribution in [0, 0.1) is 0 Å². The van der Waals surface area contributed by atoms with Crippen LogP contribution in [-0.4, -0.2) is 11.6 Å². The molecule has 0 aromatic carbocycles. The maximum absolute atomic E-state index is 10.7. The molecule has 0 atom stereocenters. The Morgan fingerprint density at radius 1 is 1.10 bits per heavy atom. The summed E-state index contributed by atoms with van der Waals surface area (Å²) in [6.45, 7) is 0. The third kappa shape index (κ3) is 1.97. The Bertz CT molecular complexity index is 211. The van der Waals surface area contributed by atoms with Gasteiger partial charge in [-0.15, -0.1) is 0 Å². The Hall–Kier alpha value is -1.18. The molecule has 0 bridgehead atoms. The molecule has 0 saturated carbocycles. The standard InChI is InChI=1S/C8H8O2/c9-7-3-1-2-4-8(10)6-5-7/h1,3,5-6H,2,4H2. The fourth-order valence-electron chi connectivity index (χ4n) is 0.739. The molecule has 0 N–H and O–H groups in total. The summed E-state index contributed by atoms with van der Waals surface area (Å²) in [6, 6.07) is 0. The monoisotopic (exact) mass is 136 g/mol. The molecule has 0 radical (unpaired) electrons. The molecule has 52 valence electrons. The van der Waals surface area contributed by atoms with E-state index in [0.717, 1.165) is 0 Å². The molecule has 0 spiro atoms. The molecule has 2 nitrogen and oxygen atoms in total. The zero-order valence-corrected chi connectivity index (χ0v) is 5.54. The highest BCUT2D eigenvalue weighted by Crippen LogP contribution is 1.98. The van der Waals surface area contributed by atoms with Crippen molar-refractivity contribution in [3.8, 4) is 0 Å². The third-order valence-electron chi connectivity index (χ3n) is 1.27. The lowest BCUT2D eigenvalue weighted by atomic mass is 10.1. The molecule has 0 fully saturated rings. The highest BCUT2D eigenvalue weighted by Gasteiger charge is 1.98. The normalized spacial score (nSPS) is 18.8. The summed E-state index contributed by atoms with van der Waals surface area (Å²) in [5.41, 5.74) is 0. The van der Waals surface area contributed by atoms with Gasteiger partial charge in [0.2, 0.25) is 0 Å². The van der Waals surface area contributed by atoms with Crippen molar-refractivity contribution in [1.29, 1.82) is 0 Å². The smallest absolute Gasteiger partial charge is 0.178 e. The largest absolute Gasteiger partial charge is 0.295 e. The van der Waals surface area contributed by atoms with E-state index in [2.05, 4.69) is 0 Å². The van der Waals surface area contributed by atoms with Crippen molar-refractivity contribution >= 4 is 11.6 Å². The lowest BCUT2D eigenvalue weighted by Gasteiger charge is -1.92. The molecule has 1 aliphatic carbocycles. The molecule has 0 heterocycles. The third-order valence-corrected chi connectivity index (χ3v) is 1.27. The molecule has 0 aromatic rings. The lowest BCUT2D eigenvalue weighted by Crippen LogP contribution is -1.96. The van der Waals surface area contributed by atoms with Gasteiger partial charge in [-0.2, -0.15) is 0 Å². The molecular formula is C8H8O2. The van der Waals surface area contributed by atoms with Crippen LogP contribution in [-0.2, 0) is 9.59 Å². The Morgan fingerprint density at radius 3 is 2.70 bits per heavy atom. The summed E-state index contributed by atoms with van der Waals surface area (Å²) in [7, 11) is 0. The Kier molecular flexibility index (Phi) is 2.15. The minimum absolute atomic E-state index is 0.0256. The summed E-state index contributed by atoms with van der Waals surface area (Å²) in [5.74, 6) is -0.0780. The van der Waals surface area contributed by atoms with E-state index in [1.54, 1.807) is 6.08 Å². The quantitative estimate of drug-likeness (QED) is 0.498. The number of hydrogen-bond acceptors (Lipinski definition) is 2. The van der Waals surface area contributed by atoms with E-state index in [1.807, 2.05) is 0 Å². The van der Waals surface area contributed by atoms with Crippen LogP contribution < -0.4 is 0 Å². The molecule has 1 rings (SSSR count). The van der Waals surface area contributed by atoms with Gasteiger partial charge in [-0.25, -0.2) is 0 Å².